The molecule has 0 aromatic rings. The normalized spacial score (nSPS) is 13.4. The van der Waals surface area contributed by atoms with Gasteiger partial charge in [0, 0.05) is 5.57 Å². The third kappa shape index (κ3) is 8.29. The highest BCUT2D eigenvalue weighted by Crippen LogP contribution is 2.09. The number of carbonyl (C=O) groups is 1. The Morgan fingerprint density at radius 1 is 1.22 bits per heavy atom. The number of rotatable bonds is 10. The minimum atomic E-state index is -0.253. The van der Waals surface area contributed by atoms with Gasteiger partial charge < -0.3 is 9.47 Å². The van der Waals surface area contributed by atoms with Gasteiger partial charge in [0.05, 0.1) is 19.8 Å². The summed E-state index contributed by atoms with van der Waals surface area (Å²) in [6, 6.07) is 0. The molecule has 1 atom stereocenters. The Balaban J connectivity index is 3.79. The summed E-state index contributed by atoms with van der Waals surface area (Å²) in [5.41, 5.74) is 0.690. The quantitative estimate of drug-likeness (QED) is 0.338. The Bertz CT molecular complexity index is 246. The summed E-state index contributed by atoms with van der Waals surface area (Å²) in [5.74, 6) is -0.253. The standard InChI is InChI=1S/C15H28O3/c1-5-7-8-9-10-13(3)18-12-11-14(6-2)15(16)17-4/h11,13H,5-10,12H2,1-4H3. The molecule has 3 heteroatoms. The van der Waals surface area contributed by atoms with Gasteiger partial charge >= 0.3 is 5.97 Å². The molecule has 0 rings (SSSR count). The highest BCUT2D eigenvalue weighted by atomic mass is 16.5. The SMILES string of the molecule is CCCCCCC(C)OCC=C(CC)C(=O)OC. The van der Waals surface area contributed by atoms with Crippen molar-refractivity contribution in [1.82, 2.24) is 0 Å². The van der Waals surface area contributed by atoms with Crippen LogP contribution < -0.4 is 0 Å². The van der Waals surface area contributed by atoms with Crippen molar-refractivity contribution in [3.05, 3.63) is 11.6 Å². The summed E-state index contributed by atoms with van der Waals surface area (Å²) < 4.78 is 10.4. The van der Waals surface area contributed by atoms with Gasteiger partial charge in [0.2, 0.25) is 0 Å². The summed E-state index contributed by atoms with van der Waals surface area (Å²) in [6.45, 7) is 6.73. The summed E-state index contributed by atoms with van der Waals surface area (Å²) in [4.78, 5) is 11.3. The predicted molar refractivity (Wildman–Crippen MR) is 74.6 cm³/mol. The zero-order valence-corrected chi connectivity index (χ0v) is 12.3. The summed E-state index contributed by atoms with van der Waals surface area (Å²) in [6.07, 6.45) is 8.92. The van der Waals surface area contributed by atoms with Crippen molar-refractivity contribution in [2.75, 3.05) is 13.7 Å². The minimum absolute atomic E-state index is 0.253. The van der Waals surface area contributed by atoms with Crippen molar-refractivity contribution in [2.45, 2.75) is 65.4 Å². The molecule has 0 radical (unpaired) electrons. The van der Waals surface area contributed by atoms with Crippen molar-refractivity contribution in [3.63, 3.8) is 0 Å². The second-order valence-corrected chi connectivity index (χ2v) is 4.57. The molecule has 0 saturated carbocycles. The highest BCUT2D eigenvalue weighted by molar-refractivity contribution is 5.88. The van der Waals surface area contributed by atoms with E-state index >= 15 is 0 Å². The third-order valence-electron chi connectivity index (χ3n) is 3.00. The molecule has 0 aromatic heterocycles. The molecule has 1 unspecified atom stereocenters. The van der Waals surface area contributed by atoms with Gasteiger partial charge in [-0.25, -0.2) is 4.79 Å². The molecule has 3 nitrogen and oxygen atoms in total. The highest BCUT2D eigenvalue weighted by Gasteiger charge is 2.07. The zero-order chi connectivity index (χ0) is 13.8. The van der Waals surface area contributed by atoms with Crippen LogP contribution in [-0.2, 0) is 14.3 Å². The molecule has 0 aliphatic carbocycles. The number of methoxy groups -OCH3 is 1. The van der Waals surface area contributed by atoms with Gasteiger partial charge in [-0.15, -0.1) is 0 Å². The van der Waals surface area contributed by atoms with Gasteiger partial charge in [0.15, 0.2) is 0 Å². The molecule has 0 aromatic carbocycles. The average Bonchev–Trinajstić information content (AvgIpc) is 2.39. The lowest BCUT2D eigenvalue weighted by atomic mass is 10.1. The Morgan fingerprint density at radius 3 is 2.50 bits per heavy atom. The number of hydrogen-bond acceptors (Lipinski definition) is 3. The number of hydrogen-bond donors (Lipinski definition) is 0. The van der Waals surface area contributed by atoms with Crippen molar-refractivity contribution >= 4 is 5.97 Å². The van der Waals surface area contributed by atoms with Crippen LogP contribution in [0.25, 0.3) is 0 Å². The van der Waals surface area contributed by atoms with E-state index in [0.717, 1.165) is 6.42 Å². The maximum atomic E-state index is 11.3. The molecule has 0 aliphatic heterocycles. The lowest BCUT2D eigenvalue weighted by molar-refractivity contribution is -0.136. The van der Waals surface area contributed by atoms with Gasteiger partial charge in [0.25, 0.3) is 0 Å². The molecule has 0 spiro atoms. The van der Waals surface area contributed by atoms with E-state index < -0.39 is 0 Å². The lowest BCUT2D eigenvalue weighted by Crippen LogP contribution is -2.10. The van der Waals surface area contributed by atoms with Crippen LogP contribution in [0.15, 0.2) is 11.6 Å². The molecule has 0 fully saturated rings. The first-order chi connectivity index (χ1) is 8.65. The fourth-order valence-corrected chi connectivity index (χ4v) is 1.76. The molecule has 18 heavy (non-hydrogen) atoms. The first-order valence-corrected chi connectivity index (χ1v) is 7.04. The van der Waals surface area contributed by atoms with Crippen LogP contribution in [0, 0.1) is 0 Å². The Labute approximate surface area is 112 Å². The lowest BCUT2D eigenvalue weighted by Gasteiger charge is -2.11. The van der Waals surface area contributed by atoms with Crippen LogP contribution in [0.4, 0.5) is 0 Å². The molecule has 106 valence electrons. The van der Waals surface area contributed by atoms with E-state index in [-0.39, 0.29) is 12.1 Å². The van der Waals surface area contributed by atoms with Crippen LogP contribution in [0.5, 0.6) is 0 Å². The van der Waals surface area contributed by atoms with Crippen LogP contribution in [0.2, 0.25) is 0 Å². The maximum Gasteiger partial charge on any atom is 0.333 e. The Hall–Kier alpha value is -0.830. The van der Waals surface area contributed by atoms with Crippen molar-refractivity contribution in [1.29, 1.82) is 0 Å². The summed E-state index contributed by atoms with van der Waals surface area (Å²) in [5, 5.41) is 0. The molecule has 0 bridgehead atoms. The zero-order valence-electron chi connectivity index (χ0n) is 12.3. The van der Waals surface area contributed by atoms with Gasteiger partial charge in [-0.2, -0.15) is 0 Å². The van der Waals surface area contributed by atoms with Crippen LogP contribution in [-0.4, -0.2) is 25.8 Å². The largest absolute Gasteiger partial charge is 0.466 e. The van der Waals surface area contributed by atoms with E-state index in [2.05, 4.69) is 18.6 Å². The summed E-state index contributed by atoms with van der Waals surface area (Å²) in [7, 11) is 1.41. The second kappa shape index (κ2) is 11.3. The molecule has 0 saturated heterocycles. The molecule has 0 heterocycles. The molecule has 0 amide bonds. The monoisotopic (exact) mass is 256 g/mol. The molecular formula is C15H28O3. The fourth-order valence-electron chi connectivity index (χ4n) is 1.76. The van der Waals surface area contributed by atoms with E-state index in [0.29, 0.717) is 18.6 Å². The Morgan fingerprint density at radius 2 is 1.94 bits per heavy atom. The van der Waals surface area contributed by atoms with E-state index in [4.69, 9.17) is 4.74 Å². The van der Waals surface area contributed by atoms with Gasteiger partial charge in [-0.1, -0.05) is 39.5 Å². The minimum Gasteiger partial charge on any atom is -0.466 e. The number of carbonyl (C=O) groups excluding carboxylic acids is 1. The number of unbranched alkanes of at least 4 members (excludes halogenated alkanes) is 3. The van der Waals surface area contributed by atoms with Crippen LogP contribution in [0.3, 0.4) is 0 Å². The van der Waals surface area contributed by atoms with Crippen molar-refractivity contribution < 1.29 is 14.3 Å². The molecule has 0 N–H and O–H groups in total. The number of esters is 1. The van der Waals surface area contributed by atoms with Gasteiger partial charge in [-0.3, -0.25) is 0 Å². The third-order valence-corrected chi connectivity index (χ3v) is 3.00. The first kappa shape index (κ1) is 17.2. The van der Waals surface area contributed by atoms with Crippen molar-refractivity contribution in [3.8, 4) is 0 Å². The molecular weight excluding hydrogens is 228 g/mol. The van der Waals surface area contributed by atoms with Crippen LogP contribution in [0.1, 0.15) is 59.3 Å². The maximum absolute atomic E-state index is 11.3. The van der Waals surface area contributed by atoms with Crippen molar-refractivity contribution in [2.24, 2.45) is 0 Å². The second-order valence-electron chi connectivity index (χ2n) is 4.57. The van der Waals surface area contributed by atoms with E-state index in [9.17, 15) is 4.79 Å². The van der Waals surface area contributed by atoms with Crippen LogP contribution >= 0.6 is 0 Å². The van der Waals surface area contributed by atoms with E-state index in [1.54, 1.807) is 0 Å². The molecule has 0 aliphatic rings. The smallest absolute Gasteiger partial charge is 0.333 e. The topological polar surface area (TPSA) is 35.5 Å². The van der Waals surface area contributed by atoms with E-state index in [1.165, 1.54) is 32.8 Å². The number of ether oxygens (including phenoxy) is 2. The predicted octanol–water partition coefficient (Wildman–Crippen LogP) is 3.87. The fraction of sp³-hybridized carbons (Fsp3) is 0.800. The average molecular weight is 256 g/mol. The Kier molecular flexibility index (Phi) is 10.8. The summed E-state index contributed by atoms with van der Waals surface area (Å²) >= 11 is 0. The first-order valence-electron chi connectivity index (χ1n) is 7.04. The van der Waals surface area contributed by atoms with E-state index in [1.807, 2.05) is 13.0 Å². The van der Waals surface area contributed by atoms with Gasteiger partial charge in [-0.05, 0) is 25.8 Å². The van der Waals surface area contributed by atoms with Gasteiger partial charge in [0.1, 0.15) is 0 Å².